The number of hydrogen-bond donors (Lipinski definition) is 0. The average molecular weight is 307 g/mol. The molecule has 0 aliphatic carbocycles. The van der Waals surface area contributed by atoms with Gasteiger partial charge in [0.1, 0.15) is 0 Å². The summed E-state index contributed by atoms with van der Waals surface area (Å²) < 4.78 is 0. The Balaban J connectivity index is 2.20. The van der Waals surface area contributed by atoms with Crippen LogP contribution >= 0.6 is 23.2 Å². The molecule has 1 unspecified atom stereocenters. The normalized spacial score (nSPS) is 12.2. The minimum atomic E-state index is -0.341. The molecular formula is C17H16Cl2O. The summed E-state index contributed by atoms with van der Waals surface area (Å²) in [6.07, 6.45) is 1.61. The fourth-order valence-electron chi connectivity index (χ4n) is 2.17. The van der Waals surface area contributed by atoms with Crippen LogP contribution in [0.2, 0.25) is 5.02 Å². The highest BCUT2D eigenvalue weighted by atomic mass is 35.5. The van der Waals surface area contributed by atoms with E-state index < -0.39 is 0 Å². The zero-order valence-electron chi connectivity index (χ0n) is 11.3. The van der Waals surface area contributed by atoms with E-state index in [1.165, 1.54) is 5.56 Å². The molecule has 0 amide bonds. The molecule has 0 bridgehead atoms. The Morgan fingerprint density at radius 3 is 2.05 bits per heavy atom. The quantitative estimate of drug-likeness (QED) is 0.711. The number of benzene rings is 2. The molecule has 0 aliphatic rings. The molecule has 3 heteroatoms. The van der Waals surface area contributed by atoms with Crippen molar-refractivity contribution in [2.45, 2.75) is 25.7 Å². The lowest BCUT2D eigenvalue weighted by Gasteiger charge is -2.13. The van der Waals surface area contributed by atoms with Crippen molar-refractivity contribution in [2.75, 3.05) is 0 Å². The summed E-state index contributed by atoms with van der Waals surface area (Å²) in [6.45, 7) is 2.12. The van der Waals surface area contributed by atoms with Gasteiger partial charge >= 0.3 is 0 Å². The minimum absolute atomic E-state index is 0.332. The van der Waals surface area contributed by atoms with Crippen LogP contribution in [0, 0.1) is 0 Å². The fourth-order valence-corrected chi connectivity index (χ4v) is 2.50. The zero-order chi connectivity index (χ0) is 14.5. The number of rotatable bonds is 5. The van der Waals surface area contributed by atoms with E-state index >= 15 is 0 Å². The predicted molar refractivity (Wildman–Crippen MR) is 84.6 cm³/mol. The largest absolute Gasteiger partial charge is 0.281 e. The second-order valence-electron chi connectivity index (χ2n) is 4.78. The molecule has 20 heavy (non-hydrogen) atoms. The summed E-state index contributed by atoms with van der Waals surface area (Å²) in [6, 6.07) is 15.6. The summed E-state index contributed by atoms with van der Waals surface area (Å²) in [5.74, 6) is -0.332. The Kier molecular flexibility index (Phi) is 5.22. The van der Waals surface area contributed by atoms with Crippen LogP contribution in [0.4, 0.5) is 0 Å². The molecule has 0 aromatic heterocycles. The topological polar surface area (TPSA) is 17.1 Å². The lowest BCUT2D eigenvalue weighted by molar-refractivity contribution is -0.113. The molecule has 0 saturated heterocycles. The summed E-state index contributed by atoms with van der Waals surface area (Å²) in [5, 5.41) is 0.314. The van der Waals surface area contributed by atoms with Crippen LogP contribution in [0.15, 0.2) is 48.5 Å². The first-order chi connectivity index (χ1) is 9.60. The lowest BCUT2D eigenvalue weighted by Crippen LogP contribution is -2.10. The maximum Gasteiger partial charge on any atom is 0.229 e. The first-order valence-electron chi connectivity index (χ1n) is 6.62. The van der Waals surface area contributed by atoms with Gasteiger partial charge < -0.3 is 0 Å². The van der Waals surface area contributed by atoms with Crippen molar-refractivity contribution < 1.29 is 4.79 Å². The van der Waals surface area contributed by atoms with Crippen molar-refractivity contribution in [3.8, 4) is 0 Å². The minimum Gasteiger partial charge on any atom is -0.281 e. The van der Waals surface area contributed by atoms with Gasteiger partial charge in [-0.05, 0) is 53.3 Å². The van der Waals surface area contributed by atoms with Gasteiger partial charge in [-0.25, -0.2) is 0 Å². The third-order valence-electron chi connectivity index (χ3n) is 3.42. The van der Waals surface area contributed by atoms with E-state index in [-0.39, 0.29) is 11.2 Å². The third kappa shape index (κ3) is 3.84. The SMILES string of the molecule is CCc1ccc(CC(C(=O)Cl)c2ccc(Cl)cc2)cc1. The van der Waals surface area contributed by atoms with Gasteiger partial charge in [0.15, 0.2) is 0 Å². The Morgan fingerprint density at radius 1 is 1.00 bits per heavy atom. The van der Waals surface area contributed by atoms with E-state index in [0.29, 0.717) is 11.4 Å². The van der Waals surface area contributed by atoms with Crippen LogP contribution in [0.25, 0.3) is 0 Å². The van der Waals surface area contributed by atoms with E-state index in [1.54, 1.807) is 12.1 Å². The highest BCUT2D eigenvalue weighted by Gasteiger charge is 2.19. The Hall–Kier alpha value is -1.31. The van der Waals surface area contributed by atoms with E-state index in [4.69, 9.17) is 23.2 Å². The van der Waals surface area contributed by atoms with Gasteiger partial charge in [0.2, 0.25) is 5.24 Å². The molecule has 0 N–H and O–H groups in total. The smallest absolute Gasteiger partial charge is 0.229 e. The summed E-state index contributed by atoms with van der Waals surface area (Å²) in [5.41, 5.74) is 3.29. The van der Waals surface area contributed by atoms with Crippen LogP contribution in [0.3, 0.4) is 0 Å². The molecule has 2 aromatic rings. The zero-order valence-corrected chi connectivity index (χ0v) is 12.8. The second-order valence-corrected chi connectivity index (χ2v) is 5.59. The first-order valence-corrected chi connectivity index (χ1v) is 7.38. The number of hydrogen-bond acceptors (Lipinski definition) is 1. The second kappa shape index (κ2) is 6.92. The molecule has 0 saturated carbocycles. The molecule has 104 valence electrons. The lowest BCUT2D eigenvalue weighted by atomic mass is 9.92. The van der Waals surface area contributed by atoms with Gasteiger partial charge in [0.25, 0.3) is 0 Å². The van der Waals surface area contributed by atoms with Gasteiger partial charge in [-0.2, -0.15) is 0 Å². The van der Waals surface area contributed by atoms with Crippen molar-refractivity contribution >= 4 is 28.4 Å². The summed E-state index contributed by atoms with van der Waals surface area (Å²) >= 11 is 11.6. The van der Waals surface area contributed by atoms with Crippen molar-refractivity contribution in [3.63, 3.8) is 0 Å². The number of carbonyl (C=O) groups is 1. The monoisotopic (exact) mass is 306 g/mol. The van der Waals surface area contributed by atoms with Gasteiger partial charge in [0.05, 0.1) is 5.92 Å². The molecule has 1 nitrogen and oxygen atoms in total. The highest BCUT2D eigenvalue weighted by molar-refractivity contribution is 6.64. The molecule has 0 radical (unpaired) electrons. The van der Waals surface area contributed by atoms with Crippen LogP contribution in [-0.4, -0.2) is 5.24 Å². The van der Waals surface area contributed by atoms with E-state index in [2.05, 4.69) is 31.2 Å². The van der Waals surface area contributed by atoms with E-state index in [1.807, 2.05) is 12.1 Å². The van der Waals surface area contributed by atoms with E-state index in [9.17, 15) is 4.79 Å². The Labute approximate surface area is 129 Å². The first kappa shape index (κ1) is 15.1. The Bertz CT molecular complexity index is 573. The van der Waals surface area contributed by atoms with Crippen LogP contribution in [-0.2, 0) is 17.6 Å². The van der Waals surface area contributed by atoms with Crippen molar-refractivity contribution in [1.29, 1.82) is 0 Å². The molecule has 2 rings (SSSR count). The van der Waals surface area contributed by atoms with Gasteiger partial charge in [0, 0.05) is 5.02 Å². The fraction of sp³-hybridized carbons (Fsp3) is 0.235. The van der Waals surface area contributed by atoms with Crippen LogP contribution < -0.4 is 0 Å². The Morgan fingerprint density at radius 2 is 1.55 bits per heavy atom. The molecule has 0 spiro atoms. The molecule has 0 fully saturated rings. The van der Waals surface area contributed by atoms with Gasteiger partial charge in [-0.1, -0.05) is 54.9 Å². The predicted octanol–water partition coefficient (Wildman–Crippen LogP) is 4.99. The molecule has 0 heterocycles. The van der Waals surface area contributed by atoms with Crippen LogP contribution in [0.5, 0.6) is 0 Å². The maximum absolute atomic E-state index is 11.7. The molecular weight excluding hydrogens is 291 g/mol. The maximum atomic E-state index is 11.7. The number of halogens is 2. The van der Waals surface area contributed by atoms with Crippen molar-refractivity contribution in [1.82, 2.24) is 0 Å². The molecule has 0 aliphatic heterocycles. The van der Waals surface area contributed by atoms with E-state index in [0.717, 1.165) is 17.5 Å². The highest BCUT2D eigenvalue weighted by Crippen LogP contribution is 2.25. The number of aryl methyl sites for hydroxylation is 1. The van der Waals surface area contributed by atoms with Crippen LogP contribution in [0.1, 0.15) is 29.5 Å². The molecule has 2 aromatic carbocycles. The standard InChI is InChI=1S/C17H16Cl2O/c1-2-12-3-5-13(6-4-12)11-16(17(19)20)14-7-9-15(18)10-8-14/h3-10,16H,2,11H2,1H3. The average Bonchev–Trinajstić information content (AvgIpc) is 2.46. The van der Waals surface area contributed by atoms with Gasteiger partial charge in [-0.3, -0.25) is 4.79 Å². The third-order valence-corrected chi connectivity index (χ3v) is 3.93. The number of carbonyl (C=O) groups excluding carboxylic acids is 1. The van der Waals surface area contributed by atoms with Gasteiger partial charge in [-0.15, -0.1) is 0 Å². The van der Waals surface area contributed by atoms with Crippen molar-refractivity contribution in [3.05, 3.63) is 70.2 Å². The summed E-state index contributed by atoms with van der Waals surface area (Å²) in [4.78, 5) is 11.7. The van der Waals surface area contributed by atoms with Crippen molar-refractivity contribution in [2.24, 2.45) is 0 Å². The molecule has 1 atom stereocenters. The summed E-state index contributed by atoms with van der Waals surface area (Å²) in [7, 11) is 0.